The van der Waals surface area contributed by atoms with Crippen molar-refractivity contribution in [2.45, 2.75) is 6.92 Å². The number of anilines is 3. The molecule has 0 saturated heterocycles. The first-order valence-electron chi connectivity index (χ1n) is 16.8. The minimum absolute atomic E-state index is 0.519. The van der Waals surface area contributed by atoms with Gasteiger partial charge in [0.25, 0.3) is 5.89 Å². The molecule has 0 bridgehead atoms. The number of fused-ring (bicyclic) bond motifs is 3. The smallest absolute Gasteiger partial charge is 0.258 e. The minimum atomic E-state index is 0.519. The molecule has 5 nitrogen and oxygen atoms in total. The Labute approximate surface area is 290 Å². The maximum Gasteiger partial charge on any atom is 0.258 e. The monoisotopic (exact) mass is 644 g/mol. The predicted molar refractivity (Wildman–Crippen MR) is 204 cm³/mol. The number of aryl methyl sites for hydroxylation is 1. The van der Waals surface area contributed by atoms with Crippen LogP contribution < -0.4 is 4.90 Å². The highest BCUT2D eigenvalue weighted by molar-refractivity contribution is 6.10. The molecule has 0 radical (unpaired) electrons. The number of aromatic nitrogens is 3. The van der Waals surface area contributed by atoms with Crippen LogP contribution in [0.2, 0.25) is 0 Å². The number of hydrogen-bond acceptors (Lipinski definition) is 4. The second-order valence-electron chi connectivity index (χ2n) is 12.4. The first kappa shape index (κ1) is 29.4. The van der Waals surface area contributed by atoms with Gasteiger partial charge in [0.2, 0.25) is 5.82 Å². The van der Waals surface area contributed by atoms with E-state index in [2.05, 4.69) is 172 Å². The average Bonchev–Trinajstić information content (AvgIpc) is 3.80. The molecule has 0 unspecified atom stereocenters. The largest absolute Gasteiger partial charge is 0.334 e. The molecule has 0 aliphatic rings. The van der Waals surface area contributed by atoms with Crippen LogP contribution in [-0.4, -0.2) is 14.7 Å². The molecule has 238 valence electrons. The molecule has 0 spiro atoms. The van der Waals surface area contributed by atoms with Gasteiger partial charge < -0.3 is 14.0 Å². The number of para-hydroxylation sites is 3. The molecule has 5 heteroatoms. The van der Waals surface area contributed by atoms with Crippen LogP contribution in [0.4, 0.5) is 17.1 Å². The summed E-state index contributed by atoms with van der Waals surface area (Å²) in [5, 5.41) is 6.70. The van der Waals surface area contributed by atoms with Crippen molar-refractivity contribution in [1.82, 2.24) is 14.7 Å². The molecule has 0 amide bonds. The van der Waals surface area contributed by atoms with E-state index in [1.165, 1.54) is 21.8 Å². The summed E-state index contributed by atoms with van der Waals surface area (Å²) < 4.78 is 7.94. The Bertz CT molecular complexity index is 2550. The average molecular weight is 645 g/mol. The Hall–Kier alpha value is -6.72. The summed E-state index contributed by atoms with van der Waals surface area (Å²) in [6.07, 6.45) is 0. The van der Waals surface area contributed by atoms with Gasteiger partial charge in [0.05, 0.1) is 11.0 Å². The van der Waals surface area contributed by atoms with Crippen molar-refractivity contribution in [1.29, 1.82) is 0 Å². The minimum Gasteiger partial charge on any atom is -0.334 e. The second kappa shape index (κ2) is 12.4. The lowest BCUT2D eigenvalue weighted by Crippen LogP contribution is -2.09. The van der Waals surface area contributed by atoms with Gasteiger partial charge in [-0.3, -0.25) is 0 Å². The van der Waals surface area contributed by atoms with Gasteiger partial charge in [-0.1, -0.05) is 108 Å². The van der Waals surface area contributed by atoms with Gasteiger partial charge in [-0.25, -0.2) is 0 Å². The van der Waals surface area contributed by atoms with Gasteiger partial charge in [-0.15, -0.1) is 0 Å². The van der Waals surface area contributed by atoms with Gasteiger partial charge in [0.1, 0.15) is 0 Å². The summed E-state index contributed by atoms with van der Waals surface area (Å²) in [5.74, 6) is 1.11. The van der Waals surface area contributed by atoms with Crippen molar-refractivity contribution in [2.24, 2.45) is 0 Å². The van der Waals surface area contributed by atoms with Crippen LogP contribution in [0.3, 0.4) is 0 Å². The molecule has 0 fully saturated rings. The molecule has 9 rings (SSSR count). The van der Waals surface area contributed by atoms with Gasteiger partial charge in [0.15, 0.2) is 0 Å². The van der Waals surface area contributed by atoms with Crippen LogP contribution in [0.1, 0.15) is 5.56 Å². The number of hydrogen-bond donors (Lipinski definition) is 0. The zero-order valence-corrected chi connectivity index (χ0v) is 27.4. The lowest BCUT2D eigenvalue weighted by molar-refractivity contribution is 0.432. The fourth-order valence-corrected chi connectivity index (χ4v) is 6.91. The van der Waals surface area contributed by atoms with E-state index in [0.717, 1.165) is 50.6 Å². The summed E-state index contributed by atoms with van der Waals surface area (Å²) in [7, 11) is 0. The molecule has 7 aromatic carbocycles. The van der Waals surface area contributed by atoms with Crippen LogP contribution in [0.15, 0.2) is 180 Å². The van der Waals surface area contributed by atoms with E-state index < -0.39 is 0 Å². The molecule has 9 aromatic rings. The molecule has 0 aliphatic heterocycles. The van der Waals surface area contributed by atoms with Crippen molar-refractivity contribution in [3.63, 3.8) is 0 Å². The fraction of sp³-hybridized carbons (Fsp3) is 0.0222. The van der Waals surface area contributed by atoms with Crippen LogP contribution in [0, 0.1) is 6.92 Å². The van der Waals surface area contributed by atoms with Crippen LogP contribution in [0.25, 0.3) is 61.5 Å². The Morgan fingerprint density at radius 2 is 1.12 bits per heavy atom. The molecule has 2 aromatic heterocycles. The first-order valence-corrected chi connectivity index (χ1v) is 16.8. The lowest BCUT2D eigenvalue weighted by atomic mass is 9.99. The van der Waals surface area contributed by atoms with Crippen LogP contribution in [0.5, 0.6) is 0 Å². The Morgan fingerprint density at radius 3 is 1.82 bits per heavy atom. The van der Waals surface area contributed by atoms with Crippen molar-refractivity contribution in [2.75, 3.05) is 4.90 Å². The normalized spacial score (nSPS) is 11.3. The molecule has 0 atom stereocenters. The SMILES string of the molecule is Cc1cc(-c2ccc(-n3c4ccccc4c4cc(N(c5ccccc5)c5ccccc5)ccc43)cc2)ccc1-c1noc(-c2ccccc2)n1. The highest BCUT2D eigenvalue weighted by Crippen LogP contribution is 2.40. The Kier molecular flexibility index (Phi) is 7.29. The number of nitrogens with zero attached hydrogens (tertiary/aromatic N) is 4. The number of benzene rings is 7. The molecular weight excluding hydrogens is 613 g/mol. The van der Waals surface area contributed by atoms with Crippen molar-refractivity contribution >= 4 is 38.9 Å². The maximum absolute atomic E-state index is 5.58. The van der Waals surface area contributed by atoms with E-state index in [4.69, 9.17) is 4.52 Å². The third-order valence-electron chi connectivity index (χ3n) is 9.32. The molecule has 0 N–H and O–H groups in total. The Morgan fingerprint density at radius 1 is 0.500 bits per heavy atom. The molecular formula is C45H32N4O. The lowest BCUT2D eigenvalue weighted by Gasteiger charge is -2.25. The van der Waals surface area contributed by atoms with E-state index >= 15 is 0 Å². The summed E-state index contributed by atoms with van der Waals surface area (Å²) in [6, 6.07) is 61.6. The summed E-state index contributed by atoms with van der Waals surface area (Å²) in [6.45, 7) is 2.09. The summed E-state index contributed by atoms with van der Waals surface area (Å²) >= 11 is 0. The van der Waals surface area contributed by atoms with Crippen LogP contribution in [-0.2, 0) is 0 Å². The van der Waals surface area contributed by atoms with Crippen molar-refractivity contribution in [3.8, 4) is 39.7 Å². The quantitative estimate of drug-likeness (QED) is 0.173. The van der Waals surface area contributed by atoms with Gasteiger partial charge >= 0.3 is 0 Å². The highest BCUT2D eigenvalue weighted by Gasteiger charge is 2.18. The first-order chi connectivity index (χ1) is 24.7. The van der Waals surface area contributed by atoms with Gasteiger partial charge in [-0.05, 0) is 96.4 Å². The highest BCUT2D eigenvalue weighted by atomic mass is 16.5. The zero-order valence-electron chi connectivity index (χ0n) is 27.4. The topological polar surface area (TPSA) is 47.1 Å². The molecule has 2 heterocycles. The fourth-order valence-electron chi connectivity index (χ4n) is 6.91. The number of rotatable bonds is 7. The maximum atomic E-state index is 5.58. The third-order valence-corrected chi connectivity index (χ3v) is 9.32. The summed E-state index contributed by atoms with van der Waals surface area (Å²) in [5.41, 5.74) is 12.0. The second-order valence-corrected chi connectivity index (χ2v) is 12.4. The van der Waals surface area contributed by atoms with Crippen molar-refractivity contribution < 1.29 is 4.52 Å². The van der Waals surface area contributed by atoms with Crippen molar-refractivity contribution in [3.05, 3.63) is 181 Å². The molecule has 0 aliphatic carbocycles. The summed E-state index contributed by atoms with van der Waals surface area (Å²) in [4.78, 5) is 6.98. The van der Waals surface area contributed by atoms with Gasteiger partial charge in [0, 0.05) is 44.6 Å². The Balaban J connectivity index is 1.07. The van der Waals surface area contributed by atoms with E-state index in [1.54, 1.807) is 0 Å². The molecule has 50 heavy (non-hydrogen) atoms. The zero-order chi connectivity index (χ0) is 33.4. The van der Waals surface area contributed by atoms with Gasteiger partial charge in [-0.2, -0.15) is 4.98 Å². The van der Waals surface area contributed by atoms with E-state index in [1.807, 2.05) is 30.3 Å². The van der Waals surface area contributed by atoms with E-state index in [9.17, 15) is 0 Å². The van der Waals surface area contributed by atoms with E-state index in [-0.39, 0.29) is 0 Å². The molecule has 0 saturated carbocycles. The van der Waals surface area contributed by atoms with E-state index in [0.29, 0.717) is 11.7 Å². The van der Waals surface area contributed by atoms with Crippen LogP contribution >= 0.6 is 0 Å². The standard InChI is InChI=1S/C45H32N4O/c1-31-29-34(23-27-39(31)44-46-45(50-47-44)33-13-5-2-6-14-33)32-21-24-37(25-22-32)49-42-20-12-11-19-40(42)41-30-38(26-28-43(41)49)48(35-15-7-3-8-16-35)36-17-9-4-10-18-36/h2-30H,1H3. The predicted octanol–water partition coefficient (Wildman–Crippen LogP) is 11.9. The third kappa shape index (κ3) is 5.22.